The number of nitrogens with zero attached hydrogens (tertiary/aromatic N) is 2. The van der Waals surface area contributed by atoms with Crippen LogP contribution < -0.4 is 5.32 Å². The number of carbonyl (C=O) groups is 2. The molecule has 2 N–H and O–H groups in total. The second kappa shape index (κ2) is 7.99. The summed E-state index contributed by atoms with van der Waals surface area (Å²) in [5.74, 6) is -1.02. The van der Waals surface area contributed by atoms with Crippen LogP contribution in [0.3, 0.4) is 0 Å². The van der Waals surface area contributed by atoms with Crippen molar-refractivity contribution in [3.8, 4) is 0 Å². The molecule has 6 heteroatoms. The van der Waals surface area contributed by atoms with Crippen LogP contribution in [0.1, 0.15) is 34.1 Å². The van der Waals surface area contributed by atoms with Crippen molar-refractivity contribution in [2.24, 2.45) is 0 Å². The van der Waals surface area contributed by atoms with Crippen LogP contribution in [-0.2, 0) is 4.79 Å². The third-order valence-electron chi connectivity index (χ3n) is 3.49. The van der Waals surface area contributed by atoms with Crippen molar-refractivity contribution in [3.63, 3.8) is 0 Å². The number of nitrogens with one attached hydrogen (secondary N) is 1. The Kier molecular flexibility index (Phi) is 7.44. The third kappa shape index (κ3) is 5.46. The van der Waals surface area contributed by atoms with E-state index < -0.39 is 11.5 Å². The number of carboxylic acids is 1. The van der Waals surface area contributed by atoms with E-state index in [1.54, 1.807) is 0 Å². The van der Waals surface area contributed by atoms with Crippen LogP contribution in [0, 0.1) is 0 Å². The molecule has 0 unspecified atom stereocenters. The summed E-state index contributed by atoms with van der Waals surface area (Å²) < 4.78 is 0. The number of hydrogen-bond acceptors (Lipinski definition) is 3. The molecule has 0 aromatic carbocycles. The highest BCUT2D eigenvalue weighted by atomic mass is 16.4. The lowest BCUT2D eigenvalue weighted by Crippen LogP contribution is -2.54. The number of amides is 2. The topological polar surface area (TPSA) is 72.9 Å². The van der Waals surface area contributed by atoms with Crippen molar-refractivity contribution >= 4 is 12.0 Å². The predicted octanol–water partition coefficient (Wildman–Crippen LogP) is 1.22. The summed E-state index contributed by atoms with van der Waals surface area (Å²) in [6.45, 7) is 10.7. The van der Waals surface area contributed by atoms with Crippen molar-refractivity contribution in [2.45, 2.75) is 39.7 Å². The molecule has 0 radical (unpaired) electrons. The second-order valence-electron chi connectivity index (χ2n) is 5.04. The average Bonchev–Trinajstić information content (AvgIpc) is 2.37. The van der Waals surface area contributed by atoms with E-state index in [1.165, 1.54) is 25.8 Å². The van der Waals surface area contributed by atoms with Gasteiger partial charge in [-0.15, -0.1) is 0 Å². The minimum absolute atomic E-state index is 0.355. The first-order valence-electron chi connectivity index (χ1n) is 6.74. The van der Waals surface area contributed by atoms with Crippen LogP contribution >= 0.6 is 0 Å². The summed E-state index contributed by atoms with van der Waals surface area (Å²) in [5, 5.41) is 11.8. The Labute approximate surface area is 115 Å². The summed E-state index contributed by atoms with van der Waals surface area (Å²) in [6.07, 6.45) is 0.856. The maximum atomic E-state index is 11.8. The van der Waals surface area contributed by atoms with E-state index in [1.807, 2.05) is 0 Å². The van der Waals surface area contributed by atoms with Gasteiger partial charge < -0.3 is 20.2 Å². The normalized spacial score (nSPS) is 11.5. The number of carboxylic acid groups (broad SMARTS) is 1. The zero-order valence-electron chi connectivity index (χ0n) is 12.7. The molecular weight excluding hydrogens is 246 g/mol. The molecule has 0 atom stereocenters. The lowest BCUT2D eigenvalue weighted by Gasteiger charge is -2.31. The van der Waals surface area contributed by atoms with Gasteiger partial charge in [-0.3, -0.25) is 0 Å². The molecule has 0 fully saturated rings. The van der Waals surface area contributed by atoms with Gasteiger partial charge in [0.05, 0.1) is 0 Å². The highest BCUT2D eigenvalue weighted by Gasteiger charge is 2.34. The minimum Gasteiger partial charge on any atom is -0.480 e. The summed E-state index contributed by atoms with van der Waals surface area (Å²) in [6, 6.07) is -0.355. The van der Waals surface area contributed by atoms with E-state index >= 15 is 0 Å². The maximum absolute atomic E-state index is 11.8. The van der Waals surface area contributed by atoms with Gasteiger partial charge in [0, 0.05) is 13.6 Å². The first kappa shape index (κ1) is 17.7. The molecule has 0 heterocycles. The Balaban J connectivity index is 4.09. The SMILES string of the molecule is CCN(CC)CCCNC(=O)N(C)C(C)(C)C(=O)O. The number of rotatable bonds is 8. The molecule has 2 amide bonds. The molecule has 6 nitrogen and oxygen atoms in total. The molecule has 0 aromatic heterocycles. The smallest absolute Gasteiger partial charge is 0.329 e. The molecule has 0 saturated carbocycles. The van der Waals surface area contributed by atoms with Crippen LogP contribution in [0.5, 0.6) is 0 Å². The van der Waals surface area contributed by atoms with E-state index in [-0.39, 0.29) is 6.03 Å². The number of hydrogen-bond donors (Lipinski definition) is 2. The molecule has 0 aliphatic carbocycles. The Morgan fingerprint density at radius 1 is 1.21 bits per heavy atom. The molecule has 19 heavy (non-hydrogen) atoms. The van der Waals surface area contributed by atoms with Crippen LogP contribution in [0.4, 0.5) is 4.79 Å². The van der Waals surface area contributed by atoms with Crippen LogP contribution in [0.2, 0.25) is 0 Å². The number of likely N-dealkylation sites (N-methyl/N-ethyl adjacent to an activating group) is 1. The summed E-state index contributed by atoms with van der Waals surface area (Å²) in [4.78, 5) is 26.3. The standard InChI is InChI=1S/C13H27N3O3/c1-6-16(7-2)10-8-9-14-12(19)15(5)13(3,4)11(17)18/h6-10H2,1-5H3,(H,14,19)(H,17,18). The molecule has 0 aliphatic rings. The van der Waals surface area contributed by atoms with E-state index in [9.17, 15) is 9.59 Å². The van der Waals surface area contributed by atoms with Gasteiger partial charge in [0.15, 0.2) is 0 Å². The first-order chi connectivity index (χ1) is 8.77. The molecule has 0 rings (SSSR count). The van der Waals surface area contributed by atoms with Gasteiger partial charge in [0.1, 0.15) is 5.54 Å². The van der Waals surface area contributed by atoms with E-state index in [0.717, 1.165) is 26.1 Å². The molecule has 0 saturated heterocycles. The Morgan fingerprint density at radius 2 is 1.74 bits per heavy atom. The van der Waals surface area contributed by atoms with Gasteiger partial charge >= 0.3 is 12.0 Å². The molecular formula is C13H27N3O3. The van der Waals surface area contributed by atoms with Crippen molar-refractivity contribution in [2.75, 3.05) is 33.2 Å². The average molecular weight is 273 g/mol. The number of aliphatic carboxylic acids is 1. The molecule has 0 spiro atoms. The summed E-state index contributed by atoms with van der Waals surface area (Å²) >= 11 is 0. The molecule has 0 aromatic rings. The fourth-order valence-electron chi connectivity index (χ4n) is 1.55. The van der Waals surface area contributed by atoms with E-state index in [2.05, 4.69) is 24.1 Å². The van der Waals surface area contributed by atoms with Crippen molar-refractivity contribution in [1.29, 1.82) is 0 Å². The van der Waals surface area contributed by atoms with E-state index in [4.69, 9.17) is 5.11 Å². The monoisotopic (exact) mass is 273 g/mol. The predicted molar refractivity (Wildman–Crippen MR) is 75.3 cm³/mol. The Bertz CT molecular complexity index is 302. The highest BCUT2D eigenvalue weighted by molar-refractivity contribution is 5.85. The maximum Gasteiger partial charge on any atom is 0.329 e. The number of carbonyl (C=O) groups excluding carboxylic acids is 1. The number of urea groups is 1. The Hall–Kier alpha value is -1.30. The van der Waals surface area contributed by atoms with Gasteiger partial charge in [0.2, 0.25) is 0 Å². The van der Waals surface area contributed by atoms with E-state index in [0.29, 0.717) is 6.54 Å². The zero-order valence-corrected chi connectivity index (χ0v) is 12.7. The molecule has 112 valence electrons. The first-order valence-corrected chi connectivity index (χ1v) is 6.74. The van der Waals surface area contributed by atoms with Gasteiger partial charge in [-0.2, -0.15) is 0 Å². The molecule has 0 bridgehead atoms. The quantitative estimate of drug-likeness (QED) is 0.652. The second-order valence-corrected chi connectivity index (χ2v) is 5.04. The largest absolute Gasteiger partial charge is 0.480 e. The van der Waals surface area contributed by atoms with Gasteiger partial charge in [0.25, 0.3) is 0 Å². The van der Waals surface area contributed by atoms with Gasteiger partial charge in [-0.25, -0.2) is 9.59 Å². The third-order valence-corrected chi connectivity index (χ3v) is 3.49. The minimum atomic E-state index is -1.21. The van der Waals surface area contributed by atoms with Crippen molar-refractivity contribution in [3.05, 3.63) is 0 Å². The fourth-order valence-corrected chi connectivity index (χ4v) is 1.55. The fraction of sp³-hybridized carbons (Fsp3) is 0.846. The lowest BCUT2D eigenvalue weighted by molar-refractivity contribution is -0.146. The van der Waals surface area contributed by atoms with Gasteiger partial charge in [-0.05, 0) is 39.9 Å². The van der Waals surface area contributed by atoms with Gasteiger partial charge in [-0.1, -0.05) is 13.8 Å². The highest BCUT2D eigenvalue weighted by Crippen LogP contribution is 2.12. The summed E-state index contributed by atoms with van der Waals surface area (Å²) in [5.41, 5.74) is -1.21. The van der Waals surface area contributed by atoms with Crippen LogP contribution in [-0.4, -0.2) is 65.7 Å². The van der Waals surface area contributed by atoms with Crippen molar-refractivity contribution in [1.82, 2.24) is 15.1 Å². The molecule has 0 aliphatic heterocycles. The van der Waals surface area contributed by atoms with Crippen molar-refractivity contribution < 1.29 is 14.7 Å². The Morgan fingerprint density at radius 3 is 2.16 bits per heavy atom. The van der Waals surface area contributed by atoms with Crippen LogP contribution in [0.25, 0.3) is 0 Å². The zero-order chi connectivity index (χ0) is 15.1. The summed E-state index contributed by atoms with van der Waals surface area (Å²) in [7, 11) is 1.49. The lowest BCUT2D eigenvalue weighted by atomic mass is 10.1. The van der Waals surface area contributed by atoms with Crippen LogP contribution in [0.15, 0.2) is 0 Å².